The van der Waals surface area contributed by atoms with E-state index in [2.05, 4.69) is 6.07 Å². The standard InChI is InChI=1S/C26H25NO5/c1-27(16-18-8-12-23(29-2)25(14-18)30-3)26(28)24-13-11-22(32-24)17-31-21-10-9-19-6-4-5-7-20(19)15-21/h4-15H,16-17H2,1-3H3. The fourth-order valence-corrected chi connectivity index (χ4v) is 3.49. The highest BCUT2D eigenvalue weighted by atomic mass is 16.5. The van der Waals surface area contributed by atoms with Crippen LogP contribution in [0.3, 0.4) is 0 Å². The average molecular weight is 431 g/mol. The third kappa shape index (κ3) is 4.70. The number of hydrogen-bond acceptors (Lipinski definition) is 5. The Bertz CT molecular complexity index is 1230. The molecule has 6 nitrogen and oxygen atoms in total. The average Bonchev–Trinajstić information content (AvgIpc) is 3.31. The van der Waals surface area contributed by atoms with E-state index >= 15 is 0 Å². The number of benzene rings is 3. The molecule has 1 amide bonds. The molecule has 0 fully saturated rings. The van der Waals surface area contributed by atoms with Crippen molar-refractivity contribution in [1.29, 1.82) is 0 Å². The maximum absolute atomic E-state index is 12.8. The Kier molecular flexibility index (Phi) is 6.31. The Morgan fingerprint density at radius 2 is 1.66 bits per heavy atom. The number of hydrogen-bond donors (Lipinski definition) is 0. The van der Waals surface area contributed by atoms with Gasteiger partial charge in [0.1, 0.15) is 18.1 Å². The monoisotopic (exact) mass is 431 g/mol. The van der Waals surface area contributed by atoms with Gasteiger partial charge in [0.2, 0.25) is 0 Å². The van der Waals surface area contributed by atoms with E-state index in [-0.39, 0.29) is 18.3 Å². The molecule has 0 bridgehead atoms. The summed E-state index contributed by atoms with van der Waals surface area (Å²) in [5.41, 5.74) is 0.921. The van der Waals surface area contributed by atoms with Crippen molar-refractivity contribution in [3.05, 3.63) is 89.9 Å². The molecule has 0 spiro atoms. The van der Waals surface area contributed by atoms with Crippen molar-refractivity contribution >= 4 is 16.7 Å². The number of amides is 1. The molecule has 164 valence electrons. The number of fused-ring (bicyclic) bond motifs is 1. The molecule has 0 aliphatic rings. The molecule has 0 aliphatic heterocycles. The third-order valence-electron chi connectivity index (χ3n) is 5.19. The molecule has 0 N–H and O–H groups in total. The van der Waals surface area contributed by atoms with E-state index in [9.17, 15) is 4.79 Å². The van der Waals surface area contributed by atoms with Crippen molar-refractivity contribution in [3.8, 4) is 17.2 Å². The van der Waals surface area contributed by atoms with E-state index < -0.39 is 0 Å². The zero-order chi connectivity index (χ0) is 22.5. The molecule has 0 radical (unpaired) electrons. The first-order valence-electron chi connectivity index (χ1n) is 10.2. The molecule has 3 aromatic carbocycles. The van der Waals surface area contributed by atoms with Gasteiger partial charge in [-0.15, -0.1) is 0 Å². The quantitative estimate of drug-likeness (QED) is 0.379. The van der Waals surface area contributed by atoms with Gasteiger partial charge in [0.15, 0.2) is 17.3 Å². The van der Waals surface area contributed by atoms with Gasteiger partial charge in [-0.05, 0) is 52.7 Å². The summed E-state index contributed by atoms with van der Waals surface area (Å²) in [6, 6.07) is 23.0. The van der Waals surface area contributed by atoms with E-state index in [0.717, 1.165) is 22.1 Å². The van der Waals surface area contributed by atoms with Crippen molar-refractivity contribution in [2.75, 3.05) is 21.3 Å². The lowest BCUT2D eigenvalue weighted by Gasteiger charge is -2.17. The van der Waals surface area contributed by atoms with E-state index in [4.69, 9.17) is 18.6 Å². The number of ether oxygens (including phenoxy) is 3. The van der Waals surface area contributed by atoms with Crippen LogP contribution in [0.25, 0.3) is 10.8 Å². The molecule has 1 aromatic heterocycles. The lowest BCUT2D eigenvalue weighted by molar-refractivity contribution is 0.0749. The van der Waals surface area contributed by atoms with Gasteiger partial charge in [-0.2, -0.15) is 0 Å². The minimum absolute atomic E-state index is 0.211. The summed E-state index contributed by atoms with van der Waals surface area (Å²) in [6.45, 7) is 0.647. The molecule has 0 atom stereocenters. The number of methoxy groups -OCH3 is 2. The van der Waals surface area contributed by atoms with Crippen molar-refractivity contribution in [3.63, 3.8) is 0 Å². The van der Waals surface area contributed by atoms with E-state index in [1.165, 1.54) is 0 Å². The van der Waals surface area contributed by atoms with Crippen LogP contribution >= 0.6 is 0 Å². The Labute approximate surface area is 186 Å². The maximum atomic E-state index is 12.8. The first-order chi connectivity index (χ1) is 15.6. The van der Waals surface area contributed by atoms with E-state index in [1.807, 2.05) is 54.6 Å². The lowest BCUT2D eigenvalue weighted by Crippen LogP contribution is -2.25. The Morgan fingerprint density at radius 1 is 0.875 bits per heavy atom. The molecule has 0 saturated carbocycles. The summed E-state index contributed by atoms with van der Waals surface area (Å²) in [5.74, 6) is 2.66. The predicted molar refractivity (Wildman–Crippen MR) is 122 cm³/mol. The second kappa shape index (κ2) is 9.47. The van der Waals surface area contributed by atoms with Crippen molar-refractivity contribution in [1.82, 2.24) is 4.90 Å². The van der Waals surface area contributed by atoms with Crippen LogP contribution < -0.4 is 14.2 Å². The van der Waals surface area contributed by atoms with Crippen LogP contribution in [0, 0.1) is 0 Å². The molecule has 0 unspecified atom stereocenters. The van der Waals surface area contributed by atoms with Crippen molar-refractivity contribution < 1.29 is 23.4 Å². The number of carbonyl (C=O) groups excluding carboxylic acids is 1. The summed E-state index contributed by atoms with van der Waals surface area (Å²) < 4.78 is 22.2. The fourth-order valence-electron chi connectivity index (χ4n) is 3.49. The van der Waals surface area contributed by atoms with Crippen LogP contribution in [0.2, 0.25) is 0 Å². The first-order valence-corrected chi connectivity index (χ1v) is 10.2. The summed E-state index contributed by atoms with van der Waals surface area (Å²) >= 11 is 0. The highest BCUT2D eigenvalue weighted by Crippen LogP contribution is 2.28. The van der Waals surface area contributed by atoms with Crippen LogP contribution in [0.4, 0.5) is 0 Å². The van der Waals surface area contributed by atoms with E-state index in [1.54, 1.807) is 38.3 Å². The number of nitrogens with zero attached hydrogens (tertiary/aromatic N) is 1. The van der Waals surface area contributed by atoms with Gasteiger partial charge in [0.25, 0.3) is 5.91 Å². The van der Waals surface area contributed by atoms with Crippen LogP contribution in [-0.2, 0) is 13.2 Å². The Balaban J connectivity index is 1.38. The second-order valence-electron chi connectivity index (χ2n) is 7.41. The molecule has 32 heavy (non-hydrogen) atoms. The summed E-state index contributed by atoms with van der Waals surface area (Å²) in [5, 5.41) is 2.26. The maximum Gasteiger partial charge on any atom is 0.289 e. The van der Waals surface area contributed by atoms with Crippen LogP contribution in [-0.4, -0.2) is 32.1 Å². The second-order valence-corrected chi connectivity index (χ2v) is 7.41. The molecule has 0 saturated heterocycles. The van der Waals surface area contributed by atoms with E-state index in [0.29, 0.717) is 23.8 Å². The summed E-state index contributed by atoms with van der Waals surface area (Å²) in [6.07, 6.45) is 0. The fraction of sp³-hybridized carbons (Fsp3) is 0.192. The predicted octanol–water partition coefficient (Wildman–Crippen LogP) is 5.30. The summed E-state index contributed by atoms with van der Waals surface area (Å²) in [4.78, 5) is 14.4. The van der Waals surface area contributed by atoms with Crippen molar-refractivity contribution in [2.45, 2.75) is 13.2 Å². The van der Waals surface area contributed by atoms with Gasteiger partial charge in [0, 0.05) is 13.6 Å². The molecule has 1 heterocycles. The highest BCUT2D eigenvalue weighted by Gasteiger charge is 2.17. The molecular weight excluding hydrogens is 406 g/mol. The normalized spacial score (nSPS) is 10.7. The van der Waals surface area contributed by atoms with Gasteiger partial charge in [0.05, 0.1) is 14.2 Å². The molecule has 0 aliphatic carbocycles. The van der Waals surface area contributed by atoms with Crippen LogP contribution in [0.5, 0.6) is 17.2 Å². The van der Waals surface area contributed by atoms with Gasteiger partial charge in [-0.1, -0.05) is 36.4 Å². The minimum Gasteiger partial charge on any atom is -0.493 e. The molecular formula is C26H25NO5. The SMILES string of the molecule is COc1ccc(CN(C)C(=O)c2ccc(COc3ccc4ccccc4c3)o2)cc1OC. The minimum atomic E-state index is -0.211. The first kappa shape index (κ1) is 21.3. The lowest BCUT2D eigenvalue weighted by atomic mass is 10.1. The number of furan rings is 1. The van der Waals surface area contributed by atoms with Crippen LogP contribution in [0.15, 0.2) is 77.2 Å². The smallest absolute Gasteiger partial charge is 0.289 e. The number of carbonyl (C=O) groups is 1. The van der Waals surface area contributed by atoms with Gasteiger partial charge < -0.3 is 23.5 Å². The van der Waals surface area contributed by atoms with Crippen LogP contribution in [0.1, 0.15) is 21.9 Å². The topological polar surface area (TPSA) is 61.1 Å². The van der Waals surface area contributed by atoms with Gasteiger partial charge in [-0.25, -0.2) is 0 Å². The molecule has 4 aromatic rings. The summed E-state index contributed by atoms with van der Waals surface area (Å²) in [7, 11) is 4.90. The highest BCUT2D eigenvalue weighted by molar-refractivity contribution is 5.91. The zero-order valence-electron chi connectivity index (χ0n) is 18.3. The molecule has 4 rings (SSSR count). The Hall–Kier alpha value is -3.93. The van der Waals surface area contributed by atoms with Gasteiger partial charge in [-0.3, -0.25) is 4.79 Å². The van der Waals surface area contributed by atoms with Crippen molar-refractivity contribution in [2.24, 2.45) is 0 Å². The largest absolute Gasteiger partial charge is 0.493 e. The molecule has 6 heteroatoms. The third-order valence-corrected chi connectivity index (χ3v) is 5.19. The zero-order valence-corrected chi connectivity index (χ0v) is 18.3. The van der Waals surface area contributed by atoms with Gasteiger partial charge >= 0.3 is 0 Å². The number of rotatable bonds is 8. The Morgan fingerprint density at radius 3 is 2.44 bits per heavy atom.